The molecule has 2 fully saturated rings. The highest BCUT2D eigenvalue weighted by molar-refractivity contribution is 5.80. The van der Waals surface area contributed by atoms with Crippen LogP contribution < -0.4 is 0 Å². The van der Waals surface area contributed by atoms with Gasteiger partial charge in [-0.15, -0.1) is 0 Å². The molecule has 1 heteroatoms. The van der Waals surface area contributed by atoms with E-state index in [1.54, 1.807) is 0 Å². The summed E-state index contributed by atoms with van der Waals surface area (Å²) < 4.78 is 0. The second-order valence-corrected chi connectivity index (χ2v) is 7.98. The summed E-state index contributed by atoms with van der Waals surface area (Å²) >= 11 is 0. The number of hydrogen-bond donors (Lipinski definition) is 0. The molecule has 0 saturated heterocycles. The van der Waals surface area contributed by atoms with Crippen LogP contribution in [-0.2, 0) is 4.79 Å². The summed E-state index contributed by atoms with van der Waals surface area (Å²) in [7, 11) is 0. The van der Waals surface area contributed by atoms with Gasteiger partial charge in [0.05, 0.1) is 0 Å². The molecule has 1 nitrogen and oxygen atoms in total. The molecule has 0 spiro atoms. The van der Waals surface area contributed by atoms with Crippen LogP contribution in [0.5, 0.6) is 0 Å². The van der Waals surface area contributed by atoms with Crippen LogP contribution in [-0.4, -0.2) is 5.78 Å². The normalized spacial score (nSPS) is 29.2. The molecule has 116 valence electrons. The van der Waals surface area contributed by atoms with Crippen LogP contribution in [0.3, 0.4) is 0 Å². The van der Waals surface area contributed by atoms with Crippen LogP contribution in [0, 0.1) is 29.6 Å². The van der Waals surface area contributed by atoms with E-state index < -0.39 is 0 Å². The third-order valence-corrected chi connectivity index (χ3v) is 5.90. The molecule has 2 aliphatic carbocycles. The van der Waals surface area contributed by atoms with Gasteiger partial charge in [-0.05, 0) is 42.9 Å². The van der Waals surface area contributed by atoms with Crippen molar-refractivity contribution in [1.29, 1.82) is 0 Å². The van der Waals surface area contributed by atoms with E-state index in [9.17, 15) is 4.79 Å². The Morgan fingerprint density at radius 2 is 1.65 bits per heavy atom. The van der Waals surface area contributed by atoms with Crippen LogP contribution in [0.2, 0.25) is 0 Å². The number of carbonyl (C=O) groups is 1. The third kappa shape index (κ3) is 4.60. The SMILES string of the molecule is CC(C)C(=O)CC[C@H](C)CC1CCCC(C2CCC2)C1. The first-order valence-corrected chi connectivity index (χ1v) is 9.09. The van der Waals surface area contributed by atoms with E-state index in [1.807, 2.05) is 13.8 Å². The molecule has 0 aromatic carbocycles. The second kappa shape index (κ2) is 7.61. The van der Waals surface area contributed by atoms with Gasteiger partial charge in [0, 0.05) is 12.3 Å². The third-order valence-electron chi connectivity index (χ3n) is 5.90. The number of carbonyl (C=O) groups excluding carboxylic acids is 1. The predicted molar refractivity (Wildman–Crippen MR) is 85.6 cm³/mol. The highest BCUT2D eigenvalue weighted by Gasteiger charge is 2.32. The van der Waals surface area contributed by atoms with E-state index >= 15 is 0 Å². The first-order chi connectivity index (χ1) is 9.56. The minimum absolute atomic E-state index is 0.222. The largest absolute Gasteiger partial charge is 0.299 e. The Hall–Kier alpha value is -0.330. The highest BCUT2D eigenvalue weighted by Crippen LogP contribution is 2.44. The minimum atomic E-state index is 0.222. The summed E-state index contributed by atoms with van der Waals surface area (Å²) in [5.74, 6) is 4.50. The smallest absolute Gasteiger partial charge is 0.135 e. The number of ketones is 1. The van der Waals surface area contributed by atoms with Crippen molar-refractivity contribution in [3.05, 3.63) is 0 Å². The Morgan fingerprint density at radius 1 is 1.00 bits per heavy atom. The first kappa shape index (κ1) is 16.0. The van der Waals surface area contributed by atoms with Gasteiger partial charge in [-0.25, -0.2) is 0 Å². The Kier molecular flexibility index (Phi) is 6.11. The molecule has 0 N–H and O–H groups in total. The molecular formula is C19H34O. The maximum Gasteiger partial charge on any atom is 0.135 e. The van der Waals surface area contributed by atoms with Gasteiger partial charge in [-0.3, -0.25) is 4.79 Å². The fourth-order valence-electron chi connectivity index (χ4n) is 4.25. The van der Waals surface area contributed by atoms with Crippen LogP contribution in [0.1, 0.15) is 85.0 Å². The summed E-state index contributed by atoms with van der Waals surface area (Å²) in [5, 5.41) is 0. The lowest BCUT2D eigenvalue weighted by atomic mass is 9.66. The van der Waals surface area contributed by atoms with Gasteiger partial charge in [0.2, 0.25) is 0 Å². The average Bonchev–Trinajstić information content (AvgIpc) is 2.34. The zero-order valence-corrected chi connectivity index (χ0v) is 13.9. The van der Waals surface area contributed by atoms with Crippen molar-refractivity contribution in [3.8, 4) is 0 Å². The van der Waals surface area contributed by atoms with Gasteiger partial charge in [0.15, 0.2) is 0 Å². The average molecular weight is 278 g/mol. The van der Waals surface area contributed by atoms with Gasteiger partial charge in [0.25, 0.3) is 0 Å². The van der Waals surface area contributed by atoms with Crippen molar-refractivity contribution in [2.24, 2.45) is 29.6 Å². The van der Waals surface area contributed by atoms with Crippen molar-refractivity contribution in [2.45, 2.75) is 85.0 Å². The molecular weight excluding hydrogens is 244 g/mol. The molecule has 0 aliphatic heterocycles. The molecule has 3 atom stereocenters. The number of rotatable bonds is 7. The maximum atomic E-state index is 11.7. The van der Waals surface area contributed by atoms with E-state index in [0.717, 1.165) is 36.5 Å². The molecule has 2 saturated carbocycles. The molecule has 0 heterocycles. The molecule has 0 radical (unpaired) electrons. The Labute approximate surface area is 125 Å². The molecule has 0 amide bonds. The monoisotopic (exact) mass is 278 g/mol. The fourth-order valence-corrected chi connectivity index (χ4v) is 4.25. The predicted octanol–water partition coefficient (Wildman–Crippen LogP) is 5.62. The fraction of sp³-hybridized carbons (Fsp3) is 0.947. The van der Waals surface area contributed by atoms with E-state index in [2.05, 4.69) is 6.92 Å². The van der Waals surface area contributed by atoms with Crippen LogP contribution in [0.4, 0.5) is 0 Å². The van der Waals surface area contributed by atoms with Gasteiger partial charge in [-0.2, -0.15) is 0 Å². The molecule has 20 heavy (non-hydrogen) atoms. The number of Topliss-reactive ketones (excluding diaryl/α,β-unsaturated/α-hetero) is 1. The Morgan fingerprint density at radius 3 is 2.25 bits per heavy atom. The topological polar surface area (TPSA) is 17.1 Å². The van der Waals surface area contributed by atoms with Crippen LogP contribution >= 0.6 is 0 Å². The molecule has 2 unspecified atom stereocenters. The van der Waals surface area contributed by atoms with Gasteiger partial charge in [0.1, 0.15) is 5.78 Å². The minimum Gasteiger partial charge on any atom is -0.299 e. The van der Waals surface area contributed by atoms with Crippen molar-refractivity contribution in [2.75, 3.05) is 0 Å². The summed E-state index contributed by atoms with van der Waals surface area (Å²) in [6.45, 7) is 6.41. The lowest BCUT2D eigenvalue weighted by molar-refractivity contribution is -0.122. The highest BCUT2D eigenvalue weighted by atomic mass is 16.1. The quantitative estimate of drug-likeness (QED) is 0.590. The van der Waals surface area contributed by atoms with Crippen LogP contribution in [0.25, 0.3) is 0 Å². The van der Waals surface area contributed by atoms with Crippen molar-refractivity contribution >= 4 is 5.78 Å². The van der Waals surface area contributed by atoms with Gasteiger partial charge >= 0.3 is 0 Å². The van der Waals surface area contributed by atoms with Crippen molar-refractivity contribution in [1.82, 2.24) is 0 Å². The van der Waals surface area contributed by atoms with Crippen molar-refractivity contribution in [3.63, 3.8) is 0 Å². The summed E-state index contributed by atoms with van der Waals surface area (Å²) in [4.78, 5) is 11.7. The van der Waals surface area contributed by atoms with Crippen LogP contribution in [0.15, 0.2) is 0 Å². The molecule has 0 bridgehead atoms. The van der Waals surface area contributed by atoms with E-state index in [-0.39, 0.29) is 5.92 Å². The standard InChI is InChI=1S/C19H34O/c1-14(2)19(20)11-10-15(3)12-16-6-4-9-18(13-16)17-7-5-8-17/h14-18H,4-13H2,1-3H3/t15-,16?,18?/m0/s1. The van der Waals surface area contributed by atoms with Crippen molar-refractivity contribution < 1.29 is 4.79 Å². The molecule has 0 aromatic rings. The zero-order chi connectivity index (χ0) is 14.5. The first-order valence-electron chi connectivity index (χ1n) is 9.09. The summed E-state index contributed by atoms with van der Waals surface area (Å²) in [5.41, 5.74) is 0. The Bertz CT molecular complexity index is 303. The van der Waals surface area contributed by atoms with E-state index in [1.165, 1.54) is 51.4 Å². The molecule has 0 aromatic heterocycles. The van der Waals surface area contributed by atoms with Gasteiger partial charge < -0.3 is 0 Å². The van der Waals surface area contributed by atoms with E-state index in [4.69, 9.17) is 0 Å². The lowest BCUT2D eigenvalue weighted by Gasteiger charge is -2.39. The van der Waals surface area contributed by atoms with Gasteiger partial charge in [-0.1, -0.05) is 59.3 Å². The molecule has 2 aliphatic rings. The zero-order valence-electron chi connectivity index (χ0n) is 13.9. The Balaban J connectivity index is 1.67. The second-order valence-electron chi connectivity index (χ2n) is 7.98. The van der Waals surface area contributed by atoms with E-state index in [0.29, 0.717) is 5.78 Å². The summed E-state index contributed by atoms with van der Waals surface area (Å²) in [6, 6.07) is 0. The maximum absolute atomic E-state index is 11.7. The summed E-state index contributed by atoms with van der Waals surface area (Å²) in [6.07, 6.45) is 13.7. The molecule has 2 rings (SSSR count). The number of hydrogen-bond acceptors (Lipinski definition) is 1. The lowest BCUT2D eigenvalue weighted by Crippen LogP contribution is -2.28.